The maximum absolute atomic E-state index is 12.2. The molecule has 1 heterocycles. The molecule has 1 saturated carbocycles. The van der Waals surface area contributed by atoms with Crippen molar-refractivity contribution in [2.24, 2.45) is 0 Å². The lowest BCUT2D eigenvalue weighted by molar-refractivity contribution is 0.0675. The van der Waals surface area contributed by atoms with Gasteiger partial charge in [0.1, 0.15) is 12.4 Å². The second kappa shape index (κ2) is 7.88. The number of nitrogens with zero attached hydrogens (tertiary/aromatic N) is 1. The molecule has 1 N–H and O–H groups in total. The minimum Gasteiger partial charge on any atom is -0.491 e. The number of urea groups is 1. The van der Waals surface area contributed by atoms with E-state index in [1.807, 2.05) is 31.0 Å². The van der Waals surface area contributed by atoms with Gasteiger partial charge in [0.15, 0.2) is 0 Å². The second-order valence-electron chi connectivity index (χ2n) is 6.91. The molecular weight excluding hydrogens is 304 g/mol. The average Bonchev–Trinajstić information content (AvgIpc) is 3.03. The van der Waals surface area contributed by atoms with Crippen LogP contribution in [0.1, 0.15) is 43.2 Å². The van der Waals surface area contributed by atoms with Gasteiger partial charge in [-0.3, -0.25) is 0 Å². The lowest BCUT2D eigenvalue weighted by Gasteiger charge is -2.34. The molecule has 1 saturated heterocycles. The van der Waals surface area contributed by atoms with E-state index < -0.39 is 0 Å². The van der Waals surface area contributed by atoms with Crippen LogP contribution in [0.3, 0.4) is 0 Å². The Kier molecular flexibility index (Phi) is 5.61. The molecule has 1 aromatic rings. The fourth-order valence-corrected chi connectivity index (χ4v) is 3.14. The number of hydrogen-bond acceptors (Lipinski definition) is 3. The minimum atomic E-state index is -0.00893. The van der Waals surface area contributed by atoms with Gasteiger partial charge in [-0.05, 0) is 50.7 Å². The molecule has 3 rings (SSSR count). The summed E-state index contributed by atoms with van der Waals surface area (Å²) in [5.41, 5.74) is 2.16. The van der Waals surface area contributed by atoms with Crippen LogP contribution in [0.4, 0.5) is 4.79 Å². The number of benzene rings is 1. The molecule has 5 nitrogen and oxygen atoms in total. The molecule has 1 aliphatic heterocycles. The number of carbonyl (C=O) groups excluding carboxylic acids is 1. The van der Waals surface area contributed by atoms with Crippen LogP contribution >= 0.6 is 0 Å². The van der Waals surface area contributed by atoms with Crippen LogP contribution in [0.5, 0.6) is 5.75 Å². The van der Waals surface area contributed by atoms with Gasteiger partial charge in [0.2, 0.25) is 0 Å². The van der Waals surface area contributed by atoms with Crippen molar-refractivity contribution in [2.45, 2.75) is 57.7 Å². The van der Waals surface area contributed by atoms with Crippen molar-refractivity contribution in [2.75, 3.05) is 20.3 Å². The quantitative estimate of drug-likeness (QED) is 0.870. The fraction of sp³-hybridized carbons (Fsp3) is 0.632. The topological polar surface area (TPSA) is 50.8 Å². The number of carbonyl (C=O) groups is 1. The van der Waals surface area contributed by atoms with Crippen molar-refractivity contribution in [3.8, 4) is 5.75 Å². The molecule has 2 aliphatic rings. The molecule has 2 amide bonds. The molecule has 132 valence electrons. The Balaban J connectivity index is 1.56. The van der Waals surface area contributed by atoms with Crippen molar-refractivity contribution in [3.05, 3.63) is 29.3 Å². The van der Waals surface area contributed by atoms with Gasteiger partial charge in [-0.25, -0.2) is 4.79 Å². The van der Waals surface area contributed by atoms with Gasteiger partial charge in [-0.1, -0.05) is 12.1 Å². The van der Waals surface area contributed by atoms with Crippen LogP contribution in [-0.4, -0.2) is 43.3 Å². The molecule has 24 heavy (non-hydrogen) atoms. The van der Waals surface area contributed by atoms with E-state index in [2.05, 4.69) is 11.4 Å². The first-order valence-electron chi connectivity index (χ1n) is 8.98. The maximum atomic E-state index is 12.2. The molecule has 1 atom stereocenters. The summed E-state index contributed by atoms with van der Waals surface area (Å²) in [4.78, 5) is 14.1. The summed E-state index contributed by atoms with van der Waals surface area (Å²) in [6, 6.07) is 6.51. The van der Waals surface area contributed by atoms with Gasteiger partial charge >= 0.3 is 6.03 Å². The largest absolute Gasteiger partial charge is 0.491 e. The summed E-state index contributed by atoms with van der Waals surface area (Å²) in [6.45, 7) is 3.94. The van der Waals surface area contributed by atoms with Gasteiger partial charge < -0.3 is 19.7 Å². The Morgan fingerprint density at radius 1 is 1.33 bits per heavy atom. The van der Waals surface area contributed by atoms with Gasteiger partial charge in [-0.15, -0.1) is 0 Å². The lowest BCUT2D eigenvalue weighted by atomic mass is 9.92. The van der Waals surface area contributed by atoms with E-state index >= 15 is 0 Å². The standard InChI is InChI=1S/C19H28N2O3/c1-14-8-9-15(12-20-19(22)21(2)16-5-3-6-16)18(11-14)24-13-17-7-4-10-23-17/h8-9,11,16-17H,3-7,10,12-13H2,1-2H3,(H,20,22). The first kappa shape index (κ1) is 17.1. The van der Waals surface area contributed by atoms with E-state index in [1.54, 1.807) is 0 Å². The van der Waals surface area contributed by atoms with Crippen molar-refractivity contribution < 1.29 is 14.3 Å². The Hall–Kier alpha value is -1.75. The molecule has 5 heteroatoms. The Morgan fingerprint density at radius 2 is 2.17 bits per heavy atom. The van der Waals surface area contributed by atoms with Gasteiger partial charge in [0, 0.05) is 31.8 Å². The highest BCUT2D eigenvalue weighted by molar-refractivity contribution is 5.74. The van der Waals surface area contributed by atoms with Gasteiger partial charge in [0.05, 0.1) is 6.10 Å². The molecule has 0 spiro atoms. The normalized spacial score (nSPS) is 20.5. The lowest BCUT2D eigenvalue weighted by Crippen LogP contribution is -2.46. The summed E-state index contributed by atoms with van der Waals surface area (Å²) in [6.07, 6.45) is 5.82. The number of hydrogen-bond donors (Lipinski definition) is 1. The molecular formula is C19H28N2O3. The van der Waals surface area contributed by atoms with Gasteiger partial charge in [-0.2, -0.15) is 0 Å². The fourth-order valence-electron chi connectivity index (χ4n) is 3.14. The first-order chi connectivity index (χ1) is 11.6. The van der Waals surface area contributed by atoms with Crippen LogP contribution in [0.2, 0.25) is 0 Å². The summed E-state index contributed by atoms with van der Waals surface area (Å²) in [5.74, 6) is 0.845. The predicted molar refractivity (Wildman–Crippen MR) is 93.3 cm³/mol. The predicted octanol–water partition coefficient (Wildman–Crippen LogP) is 3.25. The van der Waals surface area contributed by atoms with Crippen LogP contribution in [0.15, 0.2) is 18.2 Å². The van der Waals surface area contributed by atoms with E-state index in [9.17, 15) is 4.79 Å². The number of amides is 2. The second-order valence-corrected chi connectivity index (χ2v) is 6.91. The third kappa shape index (κ3) is 4.20. The molecule has 1 aromatic carbocycles. The smallest absolute Gasteiger partial charge is 0.317 e. The van der Waals surface area contributed by atoms with Gasteiger partial charge in [0.25, 0.3) is 0 Å². The molecule has 0 aromatic heterocycles. The van der Waals surface area contributed by atoms with Crippen molar-refractivity contribution in [3.63, 3.8) is 0 Å². The highest BCUT2D eigenvalue weighted by Gasteiger charge is 2.25. The third-order valence-electron chi connectivity index (χ3n) is 5.04. The zero-order valence-corrected chi connectivity index (χ0v) is 14.7. The molecule has 1 aliphatic carbocycles. The number of nitrogens with one attached hydrogen (secondary N) is 1. The van der Waals surface area contributed by atoms with Crippen molar-refractivity contribution >= 4 is 6.03 Å². The van der Waals surface area contributed by atoms with E-state index in [0.29, 0.717) is 19.2 Å². The summed E-state index contributed by atoms with van der Waals surface area (Å²) in [5, 5.41) is 3.01. The number of rotatable bonds is 6. The molecule has 1 unspecified atom stereocenters. The van der Waals surface area contributed by atoms with Crippen LogP contribution in [0.25, 0.3) is 0 Å². The van der Waals surface area contributed by atoms with E-state index in [-0.39, 0.29) is 12.1 Å². The summed E-state index contributed by atoms with van der Waals surface area (Å²) >= 11 is 0. The average molecular weight is 332 g/mol. The first-order valence-corrected chi connectivity index (χ1v) is 8.98. The summed E-state index contributed by atoms with van der Waals surface area (Å²) in [7, 11) is 1.88. The van der Waals surface area contributed by atoms with Crippen molar-refractivity contribution in [1.29, 1.82) is 0 Å². The monoisotopic (exact) mass is 332 g/mol. The highest BCUT2D eigenvalue weighted by Crippen LogP contribution is 2.24. The molecule has 0 bridgehead atoms. The Morgan fingerprint density at radius 3 is 2.83 bits per heavy atom. The zero-order chi connectivity index (χ0) is 16.9. The number of aryl methyl sites for hydroxylation is 1. The number of ether oxygens (including phenoxy) is 2. The SMILES string of the molecule is Cc1ccc(CNC(=O)N(C)C2CCC2)c(OCC2CCCO2)c1. The third-order valence-corrected chi connectivity index (χ3v) is 5.04. The van der Waals surface area contributed by atoms with E-state index in [4.69, 9.17) is 9.47 Å². The highest BCUT2D eigenvalue weighted by atomic mass is 16.5. The summed E-state index contributed by atoms with van der Waals surface area (Å²) < 4.78 is 11.6. The van der Waals surface area contributed by atoms with Crippen LogP contribution in [-0.2, 0) is 11.3 Å². The Bertz CT molecular complexity index is 566. The zero-order valence-electron chi connectivity index (χ0n) is 14.7. The molecule has 2 fully saturated rings. The van der Waals surface area contributed by atoms with E-state index in [0.717, 1.165) is 49.2 Å². The van der Waals surface area contributed by atoms with Crippen LogP contribution in [0, 0.1) is 6.92 Å². The van der Waals surface area contributed by atoms with Crippen molar-refractivity contribution in [1.82, 2.24) is 10.2 Å². The minimum absolute atomic E-state index is 0.00893. The van der Waals surface area contributed by atoms with E-state index in [1.165, 1.54) is 6.42 Å². The molecule has 0 radical (unpaired) electrons. The maximum Gasteiger partial charge on any atom is 0.317 e. The Labute approximate surface area is 144 Å². The van der Waals surface area contributed by atoms with Crippen LogP contribution < -0.4 is 10.1 Å².